The van der Waals surface area contributed by atoms with Gasteiger partial charge in [-0.15, -0.1) is 0 Å². The molecule has 0 aliphatic heterocycles. The second-order valence-electron chi connectivity index (χ2n) is 4.02. The lowest BCUT2D eigenvalue weighted by Gasteiger charge is -2.01. The molecule has 0 spiro atoms. The number of aryl methyl sites for hydroxylation is 1. The third-order valence-electron chi connectivity index (χ3n) is 2.87. The molecule has 3 heterocycles. The molecule has 3 aromatic heterocycles. The maximum Gasteiger partial charge on any atom is 0.212 e. The van der Waals surface area contributed by atoms with Gasteiger partial charge < -0.3 is 10.5 Å². The number of ether oxygens (including phenoxy) is 1. The summed E-state index contributed by atoms with van der Waals surface area (Å²) in [4.78, 5) is 12.4. The Morgan fingerprint density at radius 3 is 2.74 bits per heavy atom. The summed E-state index contributed by atoms with van der Waals surface area (Å²) >= 11 is 0. The maximum absolute atomic E-state index is 5.91. The molecular weight excluding hydrogens is 244 g/mol. The second kappa shape index (κ2) is 4.20. The SMILES string of the molecule is COc1ccc(-c2nn(C)c3ncnc(N)c23)cn1. The van der Waals surface area contributed by atoms with E-state index < -0.39 is 0 Å². The Balaban J connectivity index is 2.24. The van der Waals surface area contributed by atoms with E-state index in [-0.39, 0.29) is 0 Å². The Morgan fingerprint density at radius 1 is 1.21 bits per heavy atom. The van der Waals surface area contributed by atoms with Crippen LogP contribution in [0.5, 0.6) is 5.88 Å². The fraction of sp³-hybridized carbons (Fsp3) is 0.167. The summed E-state index contributed by atoms with van der Waals surface area (Å²) < 4.78 is 6.71. The number of pyridine rings is 1. The Kier molecular flexibility index (Phi) is 2.52. The van der Waals surface area contributed by atoms with Crippen molar-refractivity contribution in [3.63, 3.8) is 0 Å². The van der Waals surface area contributed by atoms with Crippen molar-refractivity contribution in [2.24, 2.45) is 7.05 Å². The van der Waals surface area contributed by atoms with Crippen LogP contribution in [0, 0.1) is 0 Å². The number of nitrogens with two attached hydrogens (primary N) is 1. The molecule has 7 heteroatoms. The Bertz CT molecular complexity index is 734. The summed E-state index contributed by atoms with van der Waals surface area (Å²) in [7, 11) is 3.39. The van der Waals surface area contributed by atoms with E-state index in [4.69, 9.17) is 10.5 Å². The Morgan fingerprint density at radius 2 is 2.05 bits per heavy atom. The van der Waals surface area contributed by atoms with Crippen LogP contribution in [0.4, 0.5) is 5.82 Å². The van der Waals surface area contributed by atoms with E-state index in [0.717, 1.165) is 10.9 Å². The lowest BCUT2D eigenvalue weighted by Crippen LogP contribution is -1.95. The molecule has 0 fully saturated rings. The van der Waals surface area contributed by atoms with E-state index >= 15 is 0 Å². The first kappa shape index (κ1) is 11.4. The molecule has 0 saturated heterocycles. The van der Waals surface area contributed by atoms with Crippen molar-refractivity contribution >= 4 is 16.9 Å². The largest absolute Gasteiger partial charge is 0.481 e. The van der Waals surface area contributed by atoms with Crippen molar-refractivity contribution < 1.29 is 4.74 Å². The van der Waals surface area contributed by atoms with Crippen molar-refractivity contribution in [2.45, 2.75) is 0 Å². The topological polar surface area (TPSA) is 91.7 Å². The van der Waals surface area contributed by atoms with Crippen LogP contribution in [0.15, 0.2) is 24.7 Å². The van der Waals surface area contributed by atoms with Crippen molar-refractivity contribution in [3.05, 3.63) is 24.7 Å². The smallest absolute Gasteiger partial charge is 0.212 e. The summed E-state index contributed by atoms with van der Waals surface area (Å²) in [5.41, 5.74) is 8.16. The first-order valence-electron chi connectivity index (χ1n) is 5.64. The molecule has 96 valence electrons. The van der Waals surface area contributed by atoms with Gasteiger partial charge in [0.15, 0.2) is 5.65 Å². The predicted octanol–water partition coefficient (Wildman–Crippen LogP) is 1.02. The average Bonchev–Trinajstić information content (AvgIpc) is 2.78. The molecule has 19 heavy (non-hydrogen) atoms. The summed E-state index contributed by atoms with van der Waals surface area (Å²) in [5, 5.41) is 5.16. The van der Waals surface area contributed by atoms with Gasteiger partial charge in [-0.05, 0) is 6.07 Å². The van der Waals surface area contributed by atoms with Crippen LogP contribution in [0.1, 0.15) is 0 Å². The zero-order valence-corrected chi connectivity index (χ0v) is 10.5. The quantitative estimate of drug-likeness (QED) is 0.735. The molecule has 0 aromatic carbocycles. The molecule has 0 bridgehead atoms. The van der Waals surface area contributed by atoms with E-state index in [2.05, 4.69) is 20.1 Å². The average molecular weight is 256 g/mol. The minimum atomic E-state index is 0.406. The highest BCUT2D eigenvalue weighted by Gasteiger charge is 2.15. The van der Waals surface area contributed by atoms with Crippen LogP contribution in [0.3, 0.4) is 0 Å². The van der Waals surface area contributed by atoms with Crippen molar-refractivity contribution in [1.29, 1.82) is 0 Å². The number of nitrogens with zero attached hydrogens (tertiary/aromatic N) is 5. The number of hydrogen-bond donors (Lipinski definition) is 1. The van der Waals surface area contributed by atoms with E-state index in [1.54, 1.807) is 24.1 Å². The summed E-state index contributed by atoms with van der Waals surface area (Å²) in [6.45, 7) is 0. The standard InChI is InChI=1S/C12H12N6O/c1-18-12-9(11(13)15-6-16-12)10(17-18)7-3-4-8(19-2)14-5-7/h3-6H,1-2H3,(H2,13,15,16). The number of fused-ring (bicyclic) bond motifs is 1. The fourth-order valence-corrected chi connectivity index (χ4v) is 1.95. The van der Waals surface area contributed by atoms with Gasteiger partial charge in [0.25, 0.3) is 0 Å². The zero-order chi connectivity index (χ0) is 13.4. The van der Waals surface area contributed by atoms with Gasteiger partial charge in [0.1, 0.15) is 17.8 Å². The van der Waals surface area contributed by atoms with E-state index in [1.807, 2.05) is 13.1 Å². The van der Waals surface area contributed by atoms with E-state index in [0.29, 0.717) is 23.0 Å². The molecule has 0 saturated carbocycles. The van der Waals surface area contributed by atoms with Crippen LogP contribution < -0.4 is 10.5 Å². The minimum absolute atomic E-state index is 0.406. The molecule has 7 nitrogen and oxygen atoms in total. The molecule has 0 unspecified atom stereocenters. The molecule has 3 rings (SSSR count). The lowest BCUT2D eigenvalue weighted by atomic mass is 10.1. The van der Waals surface area contributed by atoms with Crippen molar-refractivity contribution in [3.8, 4) is 17.1 Å². The Hall–Kier alpha value is -2.70. The molecule has 0 amide bonds. The highest BCUT2D eigenvalue weighted by atomic mass is 16.5. The number of rotatable bonds is 2. The molecule has 0 atom stereocenters. The fourth-order valence-electron chi connectivity index (χ4n) is 1.95. The monoisotopic (exact) mass is 256 g/mol. The van der Waals surface area contributed by atoms with Gasteiger partial charge in [0.2, 0.25) is 5.88 Å². The van der Waals surface area contributed by atoms with Crippen LogP contribution in [0.25, 0.3) is 22.3 Å². The van der Waals surface area contributed by atoms with Crippen LogP contribution in [-0.4, -0.2) is 31.8 Å². The maximum atomic E-state index is 5.91. The van der Waals surface area contributed by atoms with Crippen LogP contribution >= 0.6 is 0 Å². The van der Waals surface area contributed by atoms with Gasteiger partial charge in [-0.2, -0.15) is 5.10 Å². The van der Waals surface area contributed by atoms with Gasteiger partial charge >= 0.3 is 0 Å². The molecule has 3 aromatic rings. The minimum Gasteiger partial charge on any atom is -0.481 e. The first-order valence-corrected chi connectivity index (χ1v) is 5.64. The van der Waals surface area contributed by atoms with Crippen molar-refractivity contribution in [1.82, 2.24) is 24.7 Å². The summed E-state index contributed by atoms with van der Waals surface area (Å²) in [6.07, 6.45) is 3.11. The van der Waals surface area contributed by atoms with Gasteiger partial charge in [-0.1, -0.05) is 0 Å². The van der Waals surface area contributed by atoms with Crippen LogP contribution in [-0.2, 0) is 7.05 Å². The molecular formula is C12H12N6O. The predicted molar refractivity (Wildman–Crippen MR) is 70.5 cm³/mol. The number of anilines is 1. The third kappa shape index (κ3) is 1.75. The normalized spacial score (nSPS) is 10.8. The number of aromatic nitrogens is 5. The number of nitrogen functional groups attached to an aromatic ring is 1. The highest BCUT2D eigenvalue weighted by Crippen LogP contribution is 2.29. The first-order chi connectivity index (χ1) is 9.20. The third-order valence-corrected chi connectivity index (χ3v) is 2.87. The number of hydrogen-bond acceptors (Lipinski definition) is 6. The lowest BCUT2D eigenvalue weighted by molar-refractivity contribution is 0.398. The van der Waals surface area contributed by atoms with Gasteiger partial charge in [0, 0.05) is 24.9 Å². The molecule has 0 aliphatic rings. The second-order valence-corrected chi connectivity index (χ2v) is 4.02. The summed E-state index contributed by atoms with van der Waals surface area (Å²) in [5.74, 6) is 0.956. The summed E-state index contributed by atoms with van der Waals surface area (Å²) in [6, 6.07) is 3.65. The number of methoxy groups -OCH3 is 1. The van der Waals surface area contributed by atoms with Gasteiger partial charge in [-0.3, -0.25) is 0 Å². The molecule has 2 N–H and O–H groups in total. The van der Waals surface area contributed by atoms with Gasteiger partial charge in [0.05, 0.1) is 12.5 Å². The highest BCUT2D eigenvalue weighted by molar-refractivity contribution is 5.97. The molecule has 0 aliphatic carbocycles. The van der Waals surface area contributed by atoms with Crippen LogP contribution in [0.2, 0.25) is 0 Å². The Labute approximate surface area is 109 Å². The molecule has 0 radical (unpaired) electrons. The zero-order valence-electron chi connectivity index (χ0n) is 10.5. The van der Waals surface area contributed by atoms with Crippen molar-refractivity contribution in [2.75, 3.05) is 12.8 Å². The van der Waals surface area contributed by atoms with E-state index in [1.165, 1.54) is 6.33 Å². The van der Waals surface area contributed by atoms with Gasteiger partial charge in [-0.25, -0.2) is 19.6 Å². The van der Waals surface area contributed by atoms with E-state index in [9.17, 15) is 0 Å².